The van der Waals surface area contributed by atoms with Crippen LogP contribution in [0.4, 0.5) is 0 Å². The highest BCUT2D eigenvalue weighted by molar-refractivity contribution is 5.24. The van der Waals surface area contributed by atoms with Gasteiger partial charge in [-0.1, -0.05) is 45.0 Å². The summed E-state index contributed by atoms with van der Waals surface area (Å²) in [6.45, 7) is 13.0. The molecule has 0 aliphatic carbocycles. The van der Waals surface area contributed by atoms with Crippen molar-refractivity contribution in [2.75, 3.05) is 39.3 Å². The van der Waals surface area contributed by atoms with Gasteiger partial charge in [0, 0.05) is 39.3 Å². The van der Waals surface area contributed by atoms with Crippen LogP contribution < -0.4 is 0 Å². The van der Waals surface area contributed by atoms with Gasteiger partial charge in [-0.25, -0.2) is 0 Å². The van der Waals surface area contributed by atoms with E-state index in [2.05, 4.69) is 54.8 Å². The summed E-state index contributed by atoms with van der Waals surface area (Å²) in [6.07, 6.45) is 0.682. The second-order valence-corrected chi connectivity index (χ2v) is 6.61. The van der Waals surface area contributed by atoms with Crippen molar-refractivity contribution in [3.8, 4) is 0 Å². The molecule has 0 bridgehead atoms. The number of hydrogen-bond donors (Lipinski definition) is 1. The zero-order valence-electron chi connectivity index (χ0n) is 13.8. The summed E-state index contributed by atoms with van der Waals surface area (Å²) in [7, 11) is 0. The van der Waals surface area contributed by atoms with Crippen LogP contribution in [-0.4, -0.2) is 54.2 Å². The van der Waals surface area contributed by atoms with Gasteiger partial charge in [0.2, 0.25) is 0 Å². The van der Waals surface area contributed by atoms with Gasteiger partial charge in [-0.3, -0.25) is 4.90 Å². The third kappa shape index (κ3) is 5.10. The minimum Gasteiger partial charge on any atom is -0.387 e. The van der Waals surface area contributed by atoms with E-state index in [9.17, 15) is 5.11 Å². The van der Waals surface area contributed by atoms with E-state index in [1.165, 1.54) is 12.1 Å². The average Bonchev–Trinajstić information content (AvgIpc) is 2.49. The summed E-state index contributed by atoms with van der Waals surface area (Å²) < 4.78 is 0. The highest BCUT2D eigenvalue weighted by Gasteiger charge is 2.20. The van der Waals surface area contributed by atoms with Crippen molar-refractivity contribution in [1.82, 2.24) is 9.80 Å². The third-order valence-corrected chi connectivity index (χ3v) is 4.29. The molecule has 1 saturated heterocycles. The first-order valence-corrected chi connectivity index (χ1v) is 8.30. The Morgan fingerprint density at radius 3 is 1.95 bits per heavy atom. The van der Waals surface area contributed by atoms with Crippen molar-refractivity contribution < 1.29 is 5.11 Å². The van der Waals surface area contributed by atoms with E-state index in [0.29, 0.717) is 0 Å². The Bertz CT molecular complexity index is 408. The van der Waals surface area contributed by atoms with E-state index < -0.39 is 0 Å². The number of hydrogen-bond acceptors (Lipinski definition) is 3. The topological polar surface area (TPSA) is 26.7 Å². The van der Waals surface area contributed by atoms with Crippen molar-refractivity contribution in [3.63, 3.8) is 0 Å². The predicted octanol–water partition coefficient (Wildman–Crippen LogP) is 2.56. The van der Waals surface area contributed by atoms with Gasteiger partial charge in [0.05, 0.1) is 6.10 Å². The monoisotopic (exact) mass is 290 g/mol. The van der Waals surface area contributed by atoms with Crippen molar-refractivity contribution >= 4 is 0 Å². The molecule has 1 atom stereocenters. The number of benzene rings is 1. The van der Waals surface area contributed by atoms with Crippen LogP contribution in [-0.2, 0) is 6.42 Å². The first-order chi connectivity index (χ1) is 10.1. The molecule has 2 rings (SSSR count). The molecule has 1 aromatic rings. The van der Waals surface area contributed by atoms with Crippen LogP contribution in [0, 0.1) is 5.92 Å². The Kier molecular flexibility index (Phi) is 6.22. The van der Waals surface area contributed by atoms with E-state index in [-0.39, 0.29) is 6.10 Å². The Hall–Kier alpha value is -0.900. The fourth-order valence-electron chi connectivity index (χ4n) is 3.00. The second kappa shape index (κ2) is 7.92. The summed E-state index contributed by atoms with van der Waals surface area (Å²) in [5.74, 6) is 0.735. The minimum absolute atomic E-state index is 0.368. The zero-order valence-corrected chi connectivity index (χ0v) is 13.8. The van der Waals surface area contributed by atoms with Crippen LogP contribution in [0.15, 0.2) is 24.3 Å². The molecule has 0 spiro atoms. The molecule has 0 radical (unpaired) electrons. The Morgan fingerprint density at radius 1 is 0.952 bits per heavy atom. The molecule has 21 heavy (non-hydrogen) atoms. The fourth-order valence-corrected chi connectivity index (χ4v) is 3.00. The molecular weight excluding hydrogens is 260 g/mol. The maximum Gasteiger partial charge on any atom is 0.0916 e. The summed E-state index contributed by atoms with van der Waals surface area (Å²) in [5, 5.41) is 10.4. The molecule has 1 aromatic carbocycles. The molecule has 1 unspecified atom stereocenters. The number of rotatable bonds is 6. The average molecular weight is 290 g/mol. The molecular formula is C18H30N2O. The molecule has 1 aliphatic rings. The lowest BCUT2D eigenvalue weighted by atomic mass is 10.1. The summed E-state index contributed by atoms with van der Waals surface area (Å²) in [4.78, 5) is 4.92. The van der Waals surface area contributed by atoms with Crippen LogP contribution in [0.2, 0.25) is 0 Å². The van der Waals surface area contributed by atoms with Crippen LogP contribution in [0.1, 0.15) is 38.0 Å². The third-order valence-electron chi connectivity index (χ3n) is 4.29. The maximum atomic E-state index is 10.4. The van der Waals surface area contributed by atoms with Crippen LogP contribution >= 0.6 is 0 Å². The minimum atomic E-state index is -0.368. The number of aliphatic hydroxyl groups is 1. The lowest BCUT2D eigenvalue weighted by Gasteiger charge is -2.36. The number of β-amino-alcohol motifs (C(OH)–C–C–N with tert-alkyl or cyclic N) is 1. The second-order valence-electron chi connectivity index (χ2n) is 6.61. The first-order valence-electron chi connectivity index (χ1n) is 8.30. The smallest absolute Gasteiger partial charge is 0.0916 e. The lowest BCUT2D eigenvalue weighted by molar-refractivity contribution is 0.0687. The van der Waals surface area contributed by atoms with Crippen LogP contribution in [0.5, 0.6) is 0 Å². The molecule has 3 heteroatoms. The maximum absolute atomic E-state index is 10.4. The molecule has 1 heterocycles. The predicted molar refractivity (Wildman–Crippen MR) is 88.5 cm³/mol. The number of aryl methyl sites for hydroxylation is 1. The van der Waals surface area contributed by atoms with E-state index in [1.54, 1.807) is 0 Å². The Labute approximate surface area is 129 Å². The Balaban J connectivity index is 1.79. The standard InChI is InChI=1S/C18H30N2O/c1-4-16-5-7-17(8-6-16)18(21)14-20-11-9-19(10-12-20)13-15(2)3/h5-8,15,18,21H,4,9-14H2,1-3H3. The van der Waals surface area contributed by atoms with Gasteiger partial charge in [0.15, 0.2) is 0 Å². The summed E-state index contributed by atoms with van der Waals surface area (Å²) in [6, 6.07) is 8.38. The summed E-state index contributed by atoms with van der Waals surface area (Å²) in [5.41, 5.74) is 2.37. The zero-order chi connectivity index (χ0) is 15.2. The highest BCUT2D eigenvalue weighted by Crippen LogP contribution is 2.17. The number of nitrogens with zero attached hydrogens (tertiary/aromatic N) is 2. The van der Waals surface area contributed by atoms with Crippen molar-refractivity contribution in [2.45, 2.75) is 33.3 Å². The molecule has 0 saturated carbocycles. The number of piperazine rings is 1. The van der Waals surface area contributed by atoms with Crippen LogP contribution in [0.3, 0.4) is 0 Å². The molecule has 118 valence electrons. The van der Waals surface area contributed by atoms with Gasteiger partial charge in [-0.05, 0) is 23.5 Å². The van der Waals surface area contributed by atoms with Gasteiger partial charge in [-0.2, -0.15) is 0 Å². The van der Waals surface area contributed by atoms with E-state index in [1.807, 2.05) is 0 Å². The SMILES string of the molecule is CCc1ccc(C(O)CN2CCN(CC(C)C)CC2)cc1. The van der Waals surface area contributed by atoms with Gasteiger partial charge < -0.3 is 10.0 Å². The van der Waals surface area contributed by atoms with Gasteiger partial charge in [0.25, 0.3) is 0 Å². The van der Waals surface area contributed by atoms with E-state index in [0.717, 1.165) is 50.6 Å². The normalized spacial score (nSPS) is 19.1. The molecule has 0 amide bonds. The van der Waals surface area contributed by atoms with Crippen molar-refractivity contribution in [3.05, 3.63) is 35.4 Å². The molecule has 1 fully saturated rings. The van der Waals surface area contributed by atoms with Crippen molar-refractivity contribution in [2.24, 2.45) is 5.92 Å². The highest BCUT2D eigenvalue weighted by atomic mass is 16.3. The first kappa shape index (κ1) is 16.5. The summed E-state index contributed by atoms with van der Waals surface area (Å²) >= 11 is 0. The molecule has 1 N–H and O–H groups in total. The Morgan fingerprint density at radius 2 is 1.48 bits per heavy atom. The molecule has 3 nitrogen and oxygen atoms in total. The van der Waals surface area contributed by atoms with Crippen molar-refractivity contribution in [1.29, 1.82) is 0 Å². The fraction of sp³-hybridized carbons (Fsp3) is 0.667. The largest absolute Gasteiger partial charge is 0.387 e. The quantitative estimate of drug-likeness (QED) is 0.872. The van der Waals surface area contributed by atoms with Gasteiger partial charge in [-0.15, -0.1) is 0 Å². The molecule has 1 aliphatic heterocycles. The lowest BCUT2D eigenvalue weighted by Crippen LogP contribution is -2.48. The van der Waals surface area contributed by atoms with Gasteiger partial charge >= 0.3 is 0 Å². The van der Waals surface area contributed by atoms with Crippen LogP contribution in [0.25, 0.3) is 0 Å². The molecule has 0 aromatic heterocycles. The van der Waals surface area contributed by atoms with E-state index >= 15 is 0 Å². The number of aliphatic hydroxyl groups excluding tert-OH is 1. The van der Waals surface area contributed by atoms with Gasteiger partial charge in [0.1, 0.15) is 0 Å². The van der Waals surface area contributed by atoms with E-state index in [4.69, 9.17) is 0 Å².